The number of thioether (sulfide) groups is 1. The zero-order valence-corrected chi connectivity index (χ0v) is 24.0. The second-order valence-corrected chi connectivity index (χ2v) is 12.9. The van der Waals surface area contributed by atoms with Gasteiger partial charge in [0.2, 0.25) is 11.8 Å². The fraction of sp³-hybridized carbons (Fsp3) is 0.692. The number of rotatable bonds is 12. The molecule has 0 radical (unpaired) electrons. The molecule has 1 aromatic heterocycles. The first kappa shape index (κ1) is 29.3. The Labute approximate surface area is 241 Å². The molecule has 4 N–H and O–H groups in total. The Morgan fingerprint density at radius 1 is 1.27 bits per heavy atom. The van der Waals surface area contributed by atoms with Crippen LogP contribution in [0.5, 0.6) is 0 Å². The minimum atomic E-state index is -1.15. The number of hydrogen-bond acceptors (Lipinski definition) is 11. The van der Waals surface area contributed by atoms with Crippen molar-refractivity contribution in [2.45, 2.75) is 63.4 Å². The molecule has 3 fully saturated rings. The summed E-state index contributed by atoms with van der Waals surface area (Å²) in [7, 11) is 0. The zero-order valence-electron chi connectivity index (χ0n) is 23.1. The van der Waals surface area contributed by atoms with E-state index in [-0.39, 0.29) is 83.7 Å². The Kier molecular flexibility index (Phi) is 8.57. The van der Waals surface area contributed by atoms with E-state index in [1.165, 1.54) is 27.7 Å². The number of hydrogen-bond donors (Lipinski definition) is 3. The lowest BCUT2D eigenvalue weighted by Crippen LogP contribution is -2.62. The number of aliphatic carboxylic acids is 1. The fourth-order valence-corrected chi connectivity index (χ4v) is 8.22. The van der Waals surface area contributed by atoms with Crippen molar-refractivity contribution in [1.82, 2.24) is 35.3 Å². The molecule has 14 nitrogen and oxygen atoms in total. The second-order valence-electron chi connectivity index (χ2n) is 11.6. The molecule has 0 aromatic carbocycles. The SMILES string of the molecule is C[C@@H](CC(=O)Cn1cnnn1)[C@H]1C(=O)N2C(C(=O)O)=C(S[C@@H]3CN[C@H](C(=O)N4CC[C@H](CC(=O)CN)C4)C3)[C@H](C)[C@H]12. The lowest BCUT2D eigenvalue weighted by molar-refractivity contribution is -0.160. The van der Waals surface area contributed by atoms with E-state index in [9.17, 15) is 29.1 Å². The number of carboxylic acid groups (broad SMARTS) is 1. The lowest BCUT2D eigenvalue weighted by Gasteiger charge is -2.47. The largest absolute Gasteiger partial charge is 0.477 e. The van der Waals surface area contributed by atoms with Gasteiger partial charge in [0, 0.05) is 48.5 Å². The average molecular weight is 589 g/mol. The topological polar surface area (TPSA) is 194 Å². The number of ketones is 2. The van der Waals surface area contributed by atoms with Crippen LogP contribution in [-0.2, 0) is 30.5 Å². The Hall–Kier alpha value is -3.17. The van der Waals surface area contributed by atoms with Crippen molar-refractivity contribution in [1.29, 1.82) is 0 Å². The second kappa shape index (κ2) is 12.0. The van der Waals surface area contributed by atoms with E-state index < -0.39 is 11.9 Å². The normalized spacial score (nSPS) is 30.0. The molecule has 0 bridgehead atoms. The first-order valence-electron chi connectivity index (χ1n) is 14.0. The number of nitrogens with two attached hydrogens (primary N) is 1. The maximum atomic E-state index is 13.2. The van der Waals surface area contributed by atoms with Crippen LogP contribution in [0.4, 0.5) is 0 Å². The van der Waals surface area contributed by atoms with Crippen LogP contribution < -0.4 is 11.1 Å². The summed E-state index contributed by atoms with van der Waals surface area (Å²) < 4.78 is 1.33. The van der Waals surface area contributed by atoms with E-state index in [1.807, 2.05) is 13.8 Å². The summed E-state index contributed by atoms with van der Waals surface area (Å²) in [6.07, 6.45) is 3.23. The van der Waals surface area contributed by atoms with Crippen LogP contribution in [0.15, 0.2) is 16.9 Å². The molecule has 0 aliphatic carbocycles. The Balaban J connectivity index is 1.19. The quantitative estimate of drug-likeness (QED) is 0.260. The molecule has 4 aliphatic rings. The number of likely N-dealkylation sites (tertiary alicyclic amines) is 1. The molecule has 2 amide bonds. The average Bonchev–Trinajstić information content (AvgIpc) is 3.72. The van der Waals surface area contributed by atoms with Crippen molar-refractivity contribution in [2.75, 3.05) is 26.2 Å². The molecule has 15 heteroatoms. The molecule has 4 aliphatic heterocycles. The third-order valence-corrected chi connectivity index (χ3v) is 10.2. The van der Waals surface area contributed by atoms with Crippen LogP contribution in [0.2, 0.25) is 0 Å². The van der Waals surface area contributed by atoms with Gasteiger partial charge in [-0.1, -0.05) is 13.8 Å². The smallest absolute Gasteiger partial charge is 0.353 e. The molecule has 0 unspecified atom stereocenters. The van der Waals surface area contributed by atoms with E-state index >= 15 is 0 Å². The van der Waals surface area contributed by atoms with Gasteiger partial charge in [-0.2, -0.15) is 0 Å². The highest BCUT2D eigenvalue weighted by Gasteiger charge is 2.60. The highest BCUT2D eigenvalue weighted by Crippen LogP contribution is 2.53. The number of carbonyl (C=O) groups is 5. The summed E-state index contributed by atoms with van der Waals surface area (Å²) in [4.78, 5) is 66.8. The van der Waals surface area contributed by atoms with Crippen LogP contribution >= 0.6 is 11.8 Å². The Morgan fingerprint density at radius 2 is 2.05 bits per heavy atom. The predicted molar refractivity (Wildman–Crippen MR) is 146 cm³/mol. The maximum absolute atomic E-state index is 13.2. The van der Waals surface area contributed by atoms with Crippen LogP contribution in [0.1, 0.15) is 39.5 Å². The van der Waals surface area contributed by atoms with Gasteiger partial charge in [-0.25, -0.2) is 9.48 Å². The highest BCUT2D eigenvalue weighted by molar-refractivity contribution is 8.03. The molecule has 222 valence electrons. The molecule has 0 spiro atoms. The van der Waals surface area contributed by atoms with Gasteiger partial charge in [0.15, 0.2) is 5.78 Å². The van der Waals surface area contributed by atoms with Crippen molar-refractivity contribution in [3.8, 4) is 0 Å². The first-order valence-corrected chi connectivity index (χ1v) is 14.9. The van der Waals surface area contributed by atoms with Crippen molar-refractivity contribution >= 4 is 41.1 Å². The fourth-order valence-electron chi connectivity index (χ4n) is 6.74. The van der Waals surface area contributed by atoms with Gasteiger partial charge >= 0.3 is 5.97 Å². The van der Waals surface area contributed by atoms with Crippen molar-refractivity contribution in [2.24, 2.45) is 29.4 Å². The number of nitrogens with zero attached hydrogens (tertiary/aromatic N) is 6. The molecule has 5 rings (SSSR count). The van der Waals surface area contributed by atoms with Gasteiger partial charge in [-0.05, 0) is 35.1 Å². The van der Waals surface area contributed by atoms with E-state index in [0.717, 1.165) is 6.42 Å². The van der Waals surface area contributed by atoms with Crippen LogP contribution in [-0.4, -0.2) is 108 Å². The van der Waals surface area contributed by atoms with Crippen LogP contribution in [0.3, 0.4) is 0 Å². The standard InChI is InChI=1S/C26H36N8O6S/c1-13(5-17(36)11-33-12-29-30-31-33)20-21-14(2)23(22(26(39)40)34(21)25(20)38)41-18-7-19(28-9-18)24(37)32-4-3-15(10-32)6-16(35)8-27/h12-15,18-21,28H,3-11,27H2,1-2H3,(H,39,40)/t13-,14+,15+,18-,19-,20+,21+/m0/s1. The number of tetrazole rings is 1. The summed E-state index contributed by atoms with van der Waals surface area (Å²) in [6.45, 7) is 5.51. The van der Waals surface area contributed by atoms with E-state index in [4.69, 9.17) is 5.73 Å². The van der Waals surface area contributed by atoms with Crippen molar-refractivity contribution in [3.05, 3.63) is 16.9 Å². The summed E-state index contributed by atoms with van der Waals surface area (Å²) in [5, 5.41) is 24.1. The number of nitrogens with one attached hydrogen (secondary N) is 1. The number of fused-ring (bicyclic) bond motifs is 1. The number of β-lactam (4-membered cyclic amide) rings is 1. The Morgan fingerprint density at radius 3 is 2.73 bits per heavy atom. The number of amides is 2. The zero-order chi connectivity index (χ0) is 29.4. The lowest BCUT2D eigenvalue weighted by atomic mass is 9.73. The minimum Gasteiger partial charge on any atom is -0.477 e. The predicted octanol–water partition coefficient (Wildman–Crippen LogP) is -0.729. The van der Waals surface area contributed by atoms with Gasteiger partial charge in [-0.3, -0.25) is 19.2 Å². The highest BCUT2D eigenvalue weighted by atomic mass is 32.2. The van der Waals surface area contributed by atoms with Gasteiger partial charge < -0.3 is 26.0 Å². The number of carboxylic acids is 1. The van der Waals surface area contributed by atoms with Crippen molar-refractivity contribution in [3.63, 3.8) is 0 Å². The molecule has 1 aromatic rings. The number of carbonyl (C=O) groups excluding carboxylic acids is 4. The summed E-state index contributed by atoms with van der Waals surface area (Å²) in [6, 6.07) is -0.698. The third-order valence-electron chi connectivity index (χ3n) is 8.71. The summed E-state index contributed by atoms with van der Waals surface area (Å²) >= 11 is 1.44. The number of aromatic nitrogens is 4. The van der Waals surface area contributed by atoms with Gasteiger partial charge in [-0.15, -0.1) is 16.9 Å². The monoisotopic (exact) mass is 588 g/mol. The van der Waals surface area contributed by atoms with E-state index in [0.29, 0.717) is 37.4 Å². The molecule has 0 saturated carbocycles. The Bertz CT molecular complexity index is 1250. The molecule has 3 saturated heterocycles. The molecule has 41 heavy (non-hydrogen) atoms. The number of Topliss-reactive ketones (excluding diaryl/α,β-unsaturated/α-hetero) is 2. The van der Waals surface area contributed by atoms with E-state index in [2.05, 4.69) is 20.8 Å². The van der Waals surface area contributed by atoms with Gasteiger partial charge in [0.25, 0.3) is 0 Å². The minimum absolute atomic E-state index is 0.00179. The van der Waals surface area contributed by atoms with E-state index in [1.54, 1.807) is 4.90 Å². The van der Waals surface area contributed by atoms with Crippen molar-refractivity contribution < 1.29 is 29.1 Å². The first-order chi connectivity index (χ1) is 19.6. The third kappa shape index (κ3) is 5.79. The summed E-state index contributed by atoms with van der Waals surface area (Å²) in [5.74, 6) is -2.32. The van der Waals surface area contributed by atoms with Gasteiger partial charge in [0.1, 0.15) is 24.4 Å². The van der Waals surface area contributed by atoms with Crippen LogP contribution in [0.25, 0.3) is 0 Å². The molecular weight excluding hydrogens is 552 g/mol. The van der Waals surface area contributed by atoms with Gasteiger partial charge in [0.05, 0.1) is 24.5 Å². The maximum Gasteiger partial charge on any atom is 0.353 e. The summed E-state index contributed by atoms with van der Waals surface area (Å²) in [5.41, 5.74) is 5.45. The molecule has 5 heterocycles. The molecule has 7 atom stereocenters. The van der Waals surface area contributed by atoms with Crippen LogP contribution in [0, 0.1) is 23.7 Å². The molecular formula is C26H36N8O6S.